The molecule has 0 aromatic heterocycles. The minimum atomic E-state index is -1.11. The van der Waals surface area contributed by atoms with Crippen LogP contribution in [-0.2, 0) is 14.4 Å². The molecule has 1 aliphatic heterocycles. The van der Waals surface area contributed by atoms with Crippen LogP contribution in [0.3, 0.4) is 0 Å². The second kappa shape index (κ2) is 5.82. The van der Waals surface area contributed by atoms with Gasteiger partial charge in [0, 0.05) is 7.05 Å². The molecule has 112 valence electrons. The fraction of sp³-hybridized carbons (Fsp3) is 0.357. The quantitative estimate of drug-likeness (QED) is 0.852. The maximum Gasteiger partial charge on any atom is 0.326 e. The van der Waals surface area contributed by atoms with E-state index in [9.17, 15) is 14.4 Å². The Morgan fingerprint density at radius 1 is 1.43 bits per heavy atom. The van der Waals surface area contributed by atoms with Gasteiger partial charge in [0.2, 0.25) is 5.91 Å². The average molecular weight is 292 g/mol. The van der Waals surface area contributed by atoms with Crippen LogP contribution >= 0.6 is 0 Å². The Kier molecular flexibility index (Phi) is 4.11. The van der Waals surface area contributed by atoms with E-state index in [1.54, 1.807) is 24.3 Å². The van der Waals surface area contributed by atoms with Crippen molar-refractivity contribution in [2.24, 2.45) is 0 Å². The number of fused-ring (bicyclic) bond motifs is 1. The summed E-state index contributed by atoms with van der Waals surface area (Å²) in [6.07, 6.45) is -1.18. The standard InChI is InChI=1S/C14H16N2O5/c1-8(14(19)20)16(2)12(17)7-11-13(18)15-9-5-3-4-6-10(9)21-11/h3-6,8,11H,7H2,1-2H3,(H,15,18)(H,19,20). The number of carbonyl (C=O) groups excluding carboxylic acids is 2. The monoisotopic (exact) mass is 292 g/mol. The lowest BCUT2D eigenvalue weighted by molar-refractivity contribution is -0.149. The minimum absolute atomic E-state index is 0.214. The number of aliphatic carboxylic acids is 1. The first kappa shape index (κ1) is 14.8. The molecular weight excluding hydrogens is 276 g/mol. The molecule has 0 saturated carbocycles. The van der Waals surface area contributed by atoms with Gasteiger partial charge in [-0.15, -0.1) is 0 Å². The van der Waals surface area contributed by atoms with Crippen molar-refractivity contribution < 1.29 is 24.2 Å². The molecule has 1 aromatic rings. The van der Waals surface area contributed by atoms with E-state index < -0.39 is 29.9 Å². The number of nitrogens with one attached hydrogen (secondary N) is 1. The van der Waals surface area contributed by atoms with E-state index in [4.69, 9.17) is 9.84 Å². The number of nitrogens with zero attached hydrogens (tertiary/aromatic N) is 1. The zero-order chi connectivity index (χ0) is 15.6. The normalized spacial score (nSPS) is 18.0. The van der Waals surface area contributed by atoms with Gasteiger partial charge >= 0.3 is 5.97 Å². The van der Waals surface area contributed by atoms with E-state index in [2.05, 4.69) is 5.32 Å². The van der Waals surface area contributed by atoms with Crippen molar-refractivity contribution in [2.45, 2.75) is 25.5 Å². The summed E-state index contributed by atoms with van der Waals surface area (Å²) in [5.74, 6) is -1.50. The molecule has 1 heterocycles. The fourth-order valence-electron chi connectivity index (χ4n) is 1.91. The van der Waals surface area contributed by atoms with Crippen LogP contribution in [0.25, 0.3) is 0 Å². The van der Waals surface area contributed by atoms with Crippen molar-refractivity contribution in [1.29, 1.82) is 0 Å². The molecule has 0 aliphatic carbocycles. The van der Waals surface area contributed by atoms with Gasteiger partial charge in [-0.25, -0.2) is 4.79 Å². The summed E-state index contributed by atoms with van der Waals surface area (Å²) in [7, 11) is 1.38. The summed E-state index contributed by atoms with van der Waals surface area (Å²) in [6, 6.07) is 5.94. The molecule has 2 N–H and O–H groups in total. The average Bonchev–Trinajstić information content (AvgIpc) is 2.46. The van der Waals surface area contributed by atoms with Crippen molar-refractivity contribution in [3.8, 4) is 5.75 Å². The second-order valence-corrected chi connectivity index (χ2v) is 4.81. The number of hydrogen-bond acceptors (Lipinski definition) is 4. The maximum atomic E-state index is 12.0. The number of amides is 2. The van der Waals surface area contributed by atoms with Gasteiger partial charge in [0.05, 0.1) is 12.1 Å². The zero-order valence-corrected chi connectivity index (χ0v) is 11.7. The van der Waals surface area contributed by atoms with Crippen LogP contribution in [0.5, 0.6) is 5.75 Å². The van der Waals surface area contributed by atoms with Gasteiger partial charge in [-0.3, -0.25) is 9.59 Å². The van der Waals surface area contributed by atoms with Gasteiger partial charge in [-0.2, -0.15) is 0 Å². The first-order valence-electron chi connectivity index (χ1n) is 6.45. The Bertz CT molecular complexity index is 586. The van der Waals surface area contributed by atoms with E-state index in [1.165, 1.54) is 14.0 Å². The Hall–Kier alpha value is -2.57. The second-order valence-electron chi connectivity index (χ2n) is 4.81. The maximum absolute atomic E-state index is 12.0. The number of carbonyl (C=O) groups is 3. The van der Waals surface area contributed by atoms with Crippen molar-refractivity contribution >= 4 is 23.5 Å². The third-order valence-electron chi connectivity index (χ3n) is 3.40. The number of likely N-dealkylation sites (N-methyl/N-ethyl adjacent to an activating group) is 1. The fourth-order valence-corrected chi connectivity index (χ4v) is 1.91. The van der Waals surface area contributed by atoms with Gasteiger partial charge in [-0.1, -0.05) is 12.1 Å². The lowest BCUT2D eigenvalue weighted by Crippen LogP contribution is -2.45. The summed E-state index contributed by atoms with van der Waals surface area (Å²) in [6.45, 7) is 1.40. The molecule has 1 aromatic carbocycles. The van der Waals surface area contributed by atoms with Crippen molar-refractivity contribution in [3.05, 3.63) is 24.3 Å². The number of hydrogen-bond donors (Lipinski definition) is 2. The van der Waals surface area contributed by atoms with Gasteiger partial charge in [0.25, 0.3) is 5.91 Å². The van der Waals surface area contributed by atoms with Gasteiger partial charge < -0.3 is 20.1 Å². The number of rotatable bonds is 4. The molecule has 2 atom stereocenters. The van der Waals surface area contributed by atoms with E-state index in [0.717, 1.165) is 4.90 Å². The first-order valence-corrected chi connectivity index (χ1v) is 6.45. The Labute approximate surface area is 121 Å². The number of carboxylic acid groups (broad SMARTS) is 1. The summed E-state index contributed by atoms with van der Waals surface area (Å²) >= 11 is 0. The van der Waals surface area contributed by atoms with Crippen LogP contribution in [-0.4, -0.2) is 47.0 Å². The molecule has 2 rings (SSSR count). The Balaban J connectivity index is 2.05. The molecule has 0 bridgehead atoms. The first-order chi connectivity index (χ1) is 9.90. The van der Waals surface area contributed by atoms with Crippen molar-refractivity contribution in [1.82, 2.24) is 4.90 Å². The number of para-hydroxylation sites is 2. The molecule has 7 heteroatoms. The highest BCUT2D eigenvalue weighted by molar-refractivity contribution is 6.00. The number of ether oxygens (including phenoxy) is 1. The lowest BCUT2D eigenvalue weighted by Gasteiger charge is -2.28. The molecular formula is C14H16N2O5. The number of benzene rings is 1. The molecule has 0 fully saturated rings. The van der Waals surface area contributed by atoms with Crippen LogP contribution in [0.2, 0.25) is 0 Å². The molecule has 21 heavy (non-hydrogen) atoms. The van der Waals surface area contributed by atoms with Crippen LogP contribution in [0.1, 0.15) is 13.3 Å². The smallest absolute Gasteiger partial charge is 0.326 e. The predicted octanol–water partition coefficient (Wildman–Crippen LogP) is 0.708. The van der Waals surface area contributed by atoms with Gasteiger partial charge in [-0.05, 0) is 19.1 Å². The lowest BCUT2D eigenvalue weighted by atomic mass is 10.1. The summed E-state index contributed by atoms with van der Waals surface area (Å²) in [4.78, 5) is 35.9. The molecule has 2 unspecified atom stereocenters. The summed E-state index contributed by atoms with van der Waals surface area (Å²) in [5, 5.41) is 11.5. The van der Waals surface area contributed by atoms with Crippen molar-refractivity contribution in [3.63, 3.8) is 0 Å². The topological polar surface area (TPSA) is 95.9 Å². The van der Waals surface area contributed by atoms with E-state index >= 15 is 0 Å². The molecule has 0 saturated heterocycles. The van der Waals surface area contributed by atoms with Crippen LogP contribution in [0.15, 0.2) is 24.3 Å². The number of carboxylic acids is 1. The summed E-state index contributed by atoms with van der Waals surface area (Å²) < 4.78 is 5.50. The van der Waals surface area contributed by atoms with E-state index in [-0.39, 0.29) is 6.42 Å². The predicted molar refractivity (Wildman–Crippen MR) is 74.0 cm³/mol. The third-order valence-corrected chi connectivity index (χ3v) is 3.40. The van der Waals surface area contributed by atoms with Gasteiger partial charge in [0.1, 0.15) is 11.8 Å². The minimum Gasteiger partial charge on any atom is -0.480 e. The van der Waals surface area contributed by atoms with Crippen LogP contribution in [0, 0.1) is 0 Å². The molecule has 1 aliphatic rings. The van der Waals surface area contributed by atoms with E-state index in [1.807, 2.05) is 0 Å². The van der Waals surface area contributed by atoms with Crippen LogP contribution < -0.4 is 10.1 Å². The largest absolute Gasteiger partial charge is 0.480 e. The Morgan fingerprint density at radius 2 is 2.10 bits per heavy atom. The summed E-state index contributed by atoms with van der Waals surface area (Å²) in [5.41, 5.74) is 0.554. The van der Waals surface area contributed by atoms with Crippen molar-refractivity contribution in [2.75, 3.05) is 12.4 Å². The molecule has 0 spiro atoms. The number of anilines is 1. The highest BCUT2D eigenvalue weighted by Gasteiger charge is 2.32. The van der Waals surface area contributed by atoms with Crippen LogP contribution in [0.4, 0.5) is 5.69 Å². The molecule has 0 radical (unpaired) electrons. The van der Waals surface area contributed by atoms with E-state index in [0.29, 0.717) is 11.4 Å². The molecule has 7 nitrogen and oxygen atoms in total. The Morgan fingerprint density at radius 3 is 2.76 bits per heavy atom. The zero-order valence-electron chi connectivity index (χ0n) is 11.7. The highest BCUT2D eigenvalue weighted by atomic mass is 16.5. The third kappa shape index (κ3) is 3.13. The highest BCUT2D eigenvalue weighted by Crippen LogP contribution is 2.29. The molecule has 2 amide bonds. The van der Waals surface area contributed by atoms with Gasteiger partial charge in [0.15, 0.2) is 6.10 Å². The SMILES string of the molecule is CC(C(=O)O)N(C)C(=O)CC1Oc2ccccc2NC1=O.